The van der Waals surface area contributed by atoms with Gasteiger partial charge in [0, 0.05) is 46.4 Å². The molecule has 1 saturated heterocycles. The zero-order valence-electron chi connectivity index (χ0n) is 12.5. The number of nitrogens with zero attached hydrogens (tertiary/aromatic N) is 1. The molecule has 1 aliphatic rings. The Morgan fingerprint density at radius 2 is 2.40 bits per heavy atom. The average Bonchev–Trinajstić information content (AvgIpc) is 2.82. The number of nitrogens with one attached hydrogen (secondary N) is 1. The third kappa shape index (κ3) is 4.81. The van der Waals surface area contributed by atoms with Crippen LogP contribution in [-0.4, -0.2) is 44.8 Å². The molecule has 0 aromatic carbocycles. The maximum Gasteiger partial charge on any atom is 0.0546 e. The largest absolute Gasteiger partial charge is 0.381 e. The van der Waals surface area contributed by atoms with Crippen LogP contribution in [0.3, 0.4) is 0 Å². The molecule has 0 bridgehead atoms. The molecule has 114 valence electrons. The van der Waals surface area contributed by atoms with Crippen LogP contribution in [0.1, 0.15) is 24.6 Å². The second kappa shape index (κ2) is 7.90. The molecule has 1 aromatic rings. The highest BCUT2D eigenvalue weighted by molar-refractivity contribution is 9.10. The van der Waals surface area contributed by atoms with Gasteiger partial charge in [-0.25, -0.2) is 0 Å². The Morgan fingerprint density at radius 1 is 1.55 bits per heavy atom. The van der Waals surface area contributed by atoms with Crippen molar-refractivity contribution in [1.82, 2.24) is 10.2 Å². The van der Waals surface area contributed by atoms with Crippen molar-refractivity contribution in [2.75, 3.05) is 39.9 Å². The number of rotatable bonds is 7. The number of halogens is 1. The first-order valence-electron chi connectivity index (χ1n) is 7.33. The van der Waals surface area contributed by atoms with Gasteiger partial charge in [0.2, 0.25) is 0 Å². The minimum absolute atomic E-state index is 0.275. The molecule has 1 atom stereocenters. The lowest BCUT2D eigenvalue weighted by Crippen LogP contribution is -2.48. The molecule has 3 nitrogen and oxygen atoms in total. The standard InChI is InChI=1S/C15H25BrN2OS/c1-3-17-10-15(5-4-6-19-12-15)11-18(2)8-14-7-13(16)9-20-14/h7,9,17H,3-6,8,10-12H2,1-2H3. The van der Waals surface area contributed by atoms with Gasteiger partial charge in [0.05, 0.1) is 6.61 Å². The third-order valence-electron chi connectivity index (χ3n) is 3.81. The zero-order chi connectivity index (χ0) is 14.4. The van der Waals surface area contributed by atoms with Crippen molar-refractivity contribution in [2.45, 2.75) is 26.3 Å². The first kappa shape index (κ1) is 16.4. The van der Waals surface area contributed by atoms with Gasteiger partial charge in [0.15, 0.2) is 0 Å². The summed E-state index contributed by atoms with van der Waals surface area (Å²) in [6.45, 7) is 8.18. The predicted octanol–water partition coefficient (Wildman–Crippen LogP) is 3.35. The average molecular weight is 361 g/mol. The maximum absolute atomic E-state index is 5.77. The van der Waals surface area contributed by atoms with E-state index >= 15 is 0 Å². The Hall–Kier alpha value is 0.0600. The molecule has 0 spiro atoms. The summed E-state index contributed by atoms with van der Waals surface area (Å²) in [6, 6.07) is 2.22. The van der Waals surface area contributed by atoms with E-state index in [1.807, 2.05) is 11.3 Å². The molecule has 0 amide bonds. The second-order valence-electron chi connectivity index (χ2n) is 5.84. The number of thiophene rings is 1. The molecule has 0 saturated carbocycles. The van der Waals surface area contributed by atoms with E-state index < -0.39 is 0 Å². The molecule has 1 aliphatic heterocycles. The van der Waals surface area contributed by atoms with Crippen LogP contribution in [0.4, 0.5) is 0 Å². The lowest BCUT2D eigenvalue weighted by molar-refractivity contribution is -0.0233. The molecular formula is C15H25BrN2OS. The molecule has 2 heterocycles. The second-order valence-corrected chi connectivity index (χ2v) is 7.75. The molecule has 1 aromatic heterocycles. The minimum atomic E-state index is 0.275. The molecule has 1 unspecified atom stereocenters. The van der Waals surface area contributed by atoms with Crippen molar-refractivity contribution >= 4 is 27.3 Å². The molecular weight excluding hydrogens is 336 g/mol. The normalized spacial score (nSPS) is 23.4. The van der Waals surface area contributed by atoms with Crippen LogP contribution < -0.4 is 5.32 Å². The fourth-order valence-electron chi connectivity index (χ4n) is 2.95. The summed E-state index contributed by atoms with van der Waals surface area (Å²) in [5, 5.41) is 5.67. The van der Waals surface area contributed by atoms with E-state index in [0.717, 1.165) is 39.4 Å². The Bertz CT molecular complexity index is 404. The first-order valence-corrected chi connectivity index (χ1v) is 9.01. The van der Waals surface area contributed by atoms with E-state index in [2.05, 4.69) is 51.6 Å². The van der Waals surface area contributed by atoms with Crippen molar-refractivity contribution in [1.29, 1.82) is 0 Å². The van der Waals surface area contributed by atoms with Crippen LogP contribution in [0, 0.1) is 5.41 Å². The highest BCUT2D eigenvalue weighted by Crippen LogP contribution is 2.30. The van der Waals surface area contributed by atoms with Crippen LogP contribution >= 0.6 is 27.3 Å². The summed E-state index contributed by atoms with van der Waals surface area (Å²) in [5.41, 5.74) is 0.275. The number of hydrogen-bond acceptors (Lipinski definition) is 4. The van der Waals surface area contributed by atoms with Crippen molar-refractivity contribution in [3.8, 4) is 0 Å². The van der Waals surface area contributed by atoms with Crippen LogP contribution in [0.25, 0.3) is 0 Å². The summed E-state index contributed by atoms with van der Waals surface area (Å²) < 4.78 is 6.96. The maximum atomic E-state index is 5.77. The fourth-order valence-corrected chi connectivity index (χ4v) is 4.48. The smallest absolute Gasteiger partial charge is 0.0546 e. The van der Waals surface area contributed by atoms with Crippen LogP contribution in [-0.2, 0) is 11.3 Å². The molecule has 1 N–H and O–H groups in total. The van der Waals surface area contributed by atoms with E-state index in [1.54, 1.807) is 0 Å². The van der Waals surface area contributed by atoms with E-state index in [0.29, 0.717) is 0 Å². The van der Waals surface area contributed by atoms with E-state index in [1.165, 1.54) is 22.2 Å². The van der Waals surface area contributed by atoms with Crippen LogP contribution in [0.2, 0.25) is 0 Å². The molecule has 5 heteroatoms. The highest BCUT2D eigenvalue weighted by Gasteiger charge is 2.33. The number of ether oxygens (including phenoxy) is 1. The number of hydrogen-bond donors (Lipinski definition) is 1. The lowest BCUT2D eigenvalue weighted by Gasteiger charge is -2.40. The molecule has 0 aliphatic carbocycles. The monoisotopic (exact) mass is 360 g/mol. The molecule has 1 fully saturated rings. The Kier molecular flexibility index (Phi) is 6.49. The van der Waals surface area contributed by atoms with Gasteiger partial charge in [-0.2, -0.15) is 0 Å². The van der Waals surface area contributed by atoms with Crippen molar-refractivity contribution < 1.29 is 4.74 Å². The van der Waals surface area contributed by atoms with E-state index in [-0.39, 0.29) is 5.41 Å². The Labute approximate surface area is 134 Å². The first-order chi connectivity index (χ1) is 9.63. The van der Waals surface area contributed by atoms with Gasteiger partial charge >= 0.3 is 0 Å². The van der Waals surface area contributed by atoms with Crippen LogP contribution in [0.5, 0.6) is 0 Å². The summed E-state index contributed by atoms with van der Waals surface area (Å²) in [7, 11) is 2.22. The van der Waals surface area contributed by atoms with Crippen LogP contribution in [0.15, 0.2) is 15.9 Å². The Balaban J connectivity index is 1.92. The quantitative estimate of drug-likeness (QED) is 0.806. The SMILES string of the molecule is CCNCC1(CN(C)Cc2cc(Br)cs2)CCCOC1. The van der Waals surface area contributed by atoms with Gasteiger partial charge < -0.3 is 15.0 Å². The molecule has 20 heavy (non-hydrogen) atoms. The minimum Gasteiger partial charge on any atom is -0.381 e. The fraction of sp³-hybridized carbons (Fsp3) is 0.733. The predicted molar refractivity (Wildman–Crippen MR) is 89.4 cm³/mol. The lowest BCUT2D eigenvalue weighted by atomic mass is 9.81. The van der Waals surface area contributed by atoms with Gasteiger partial charge in [-0.05, 0) is 48.4 Å². The summed E-state index contributed by atoms with van der Waals surface area (Å²) in [4.78, 5) is 3.85. The van der Waals surface area contributed by atoms with Crippen molar-refractivity contribution in [3.63, 3.8) is 0 Å². The van der Waals surface area contributed by atoms with Crippen molar-refractivity contribution in [3.05, 3.63) is 20.8 Å². The Morgan fingerprint density at radius 3 is 3.00 bits per heavy atom. The topological polar surface area (TPSA) is 24.5 Å². The zero-order valence-corrected chi connectivity index (χ0v) is 14.9. The highest BCUT2D eigenvalue weighted by atomic mass is 79.9. The van der Waals surface area contributed by atoms with E-state index in [4.69, 9.17) is 4.74 Å². The molecule has 2 rings (SSSR count). The van der Waals surface area contributed by atoms with Gasteiger partial charge in [-0.3, -0.25) is 0 Å². The summed E-state index contributed by atoms with van der Waals surface area (Å²) in [5.74, 6) is 0. The summed E-state index contributed by atoms with van der Waals surface area (Å²) >= 11 is 5.35. The van der Waals surface area contributed by atoms with Gasteiger partial charge in [-0.1, -0.05) is 6.92 Å². The van der Waals surface area contributed by atoms with Gasteiger partial charge in [-0.15, -0.1) is 11.3 Å². The van der Waals surface area contributed by atoms with Gasteiger partial charge in [0.1, 0.15) is 0 Å². The summed E-state index contributed by atoms with van der Waals surface area (Å²) in [6.07, 6.45) is 2.45. The van der Waals surface area contributed by atoms with E-state index in [9.17, 15) is 0 Å². The molecule has 0 radical (unpaired) electrons. The third-order valence-corrected chi connectivity index (χ3v) is 5.49. The van der Waals surface area contributed by atoms with Crippen molar-refractivity contribution in [2.24, 2.45) is 5.41 Å². The van der Waals surface area contributed by atoms with Gasteiger partial charge in [0.25, 0.3) is 0 Å².